The lowest BCUT2D eigenvalue weighted by atomic mass is 9.86. The Morgan fingerprint density at radius 1 is 1.53 bits per heavy atom. The Labute approximate surface area is 92.2 Å². The molecule has 1 amide bonds. The minimum absolute atomic E-state index is 0.0275. The quantitative estimate of drug-likeness (QED) is 0.605. The fourth-order valence-electron chi connectivity index (χ4n) is 1.08. The Morgan fingerprint density at radius 3 is 2.40 bits per heavy atom. The molecule has 0 saturated carbocycles. The molecule has 0 aliphatic carbocycles. The van der Waals surface area contributed by atoms with Crippen molar-refractivity contribution in [3.8, 4) is 0 Å². The maximum absolute atomic E-state index is 11.9. The predicted molar refractivity (Wildman–Crippen MR) is 61.3 cm³/mol. The molecule has 90 valence electrons. The van der Waals surface area contributed by atoms with Gasteiger partial charge in [0, 0.05) is 19.2 Å². The number of aliphatic hydroxyl groups excluding tert-OH is 1. The number of carbonyl (C=O) groups is 1. The minimum atomic E-state index is -0.497. The molecule has 0 aromatic carbocycles. The van der Waals surface area contributed by atoms with Gasteiger partial charge in [0.25, 0.3) is 0 Å². The van der Waals surface area contributed by atoms with Crippen LogP contribution < -0.4 is 11.1 Å². The van der Waals surface area contributed by atoms with Crippen molar-refractivity contribution in [1.29, 1.82) is 0 Å². The topological polar surface area (TPSA) is 75.4 Å². The zero-order valence-corrected chi connectivity index (χ0v) is 10.2. The molecular formula is C11H24N2O2. The molecule has 0 saturated heterocycles. The number of aliphatic hydroxyl groups is 1. The third kappa shape index (κ3) is 3.80. The molecule has 0 spiro atoms. The molecule has 0 rings (SSSR count). The molecule has 0 aliphatic heterocycles. The van der Waals surface area contributed by atoms with Crippen LogP contribution >= 0.6 is 0 Å². The van der Waals surface area contributed by atoms with Gasteiger partial charge in [-0.1, -0.05) is 13.8 Å². The number of rotatable bonds is 6. The van der Waals surface area contributed by atoms with E-state index in [-0.39, 0.29) is 24.5 Å². The van der Waals surface area contributed by atoms with Gasteiger partial charge in [-0.2, -0.15) is 0 Å². The molecule has 3 unspecified atom stereocenters. The standard InChI is InChI=1S/C11H24N2O2/c1-5-11(4,7-12)10(15)13-9(3)8(2)6-14/h8-9,14H,5-7,12H2,1-4H3,(H,13,15). The van der Waals surface area contributed by atoms with Crippen LogP contribution in [0.4, 0.5) is 0 Å². The fraction of sp³-hybridized carbons (Fsp3) is 0.909. The smallest absolute Gasteiger partial charge is 0.227 e. The van der Waals surface area contributed by atoms with E-state index in [2.05, 4.69) is 5.32 Å². The van der Waals surface area contributed by atoms with Crippen molar-refractivity contribution in [2.24, 2.45) is 17.1 Å². The molecule has 0 radical (unpaired) electrons. The maximum atomic E-state index is 11.9. The van der Waals surface area contributed by atoms with Gasteiger partial charge in [-0.3, -0.25) is 4.79 Å². The van der Waals surface area contributed by atoms with E-state index in [1.54, 1.807) is 0 Å². The lowest BCUT2D eigenvalue weighted by Gasteiger charge is -2.29. The average molecular weight is 216 g/mol. The van der Waals surface area contributed by atoms with Crippen molar-refractivity contribution in [3.05, 3.63) is 0 Å². The third-order valence-electron chi connectivity index (χ3n) is 3.28. The Bertz CT molecular complexity index is 203. The summed E-state index contributed by atoms with van der Waals surface area (Å²) < 4.78 is 0. The van der Waals surface area contributed by atoms with Gasteiger partial charge >= 0.3 is 0 Å². The number of amides is 1. The van der Waals surface area contributed by atoms with Crippen LogP contribution in [0.15, 0.2) is 0 Å². The molecular weight excluding hydrogens is 192 g/mol. The summed E-state index contributed by atoms with van der Waals surface area (Å²) in [6.45, 7) is 8.02. The third-order valence-corrected chi connectivity index (χ3v) is 3.28. The van der Waals surface area contributed by atoms with Gasteiger partial charge in [0.05, 0.1) is 5.41 Å². The molecule has 0 fully saturated rings. The molecule has 0 aliphatic rings. The van der Waals surface area contributed by atoms with Gasteiger partial charge in [-0.15, -0.1) is 0 Å². The number of nitrogens with two attached hydrogens (primary N) is 1. The summed E-state index contributed by atoms with van der Waals surface area (Å²) in [7, 11) is 0. The maximum Gasteiger partial charge on any atom is 0.227 e. The largest absolute Gasteiger partial charge is 0.396 e. The molecule has 0 aromatic heterocycles. The first-order valence-corrected chi connectivity index (χ1v) is 5.53. The molecule has 4 heteroatoms. The molecule has 0 aromatic rings. The van der Waals surface area contributed by atoms with E-state index in [1.807, 2.05) is 27.7 Å². The molecule has 0 heterocycles. The second-order valence-electron chi connectivity index (χ2n) is 4.54. The summed E-state index contributed by atoms with van der Waals surface area (Å²) in [5.41, 5.74) is 5.10. The van der Waals surface area contributed by atoms with E-state index in [4.69, 9.17) is 10.8 Å². The molecule has 15 heavy (non-hydrogen) atoms. The van der Waals surface area contributed by atoms with E-state index in [1.165, 1.54) is 0 Å². The van der Waals surface area contributed by atoms with Crippen LogP contribution in [0.2, 0.25) is 0 Å². The van der Waals surface area contributed by atoms with Crippen LogP contribution in [0.3, 0.4) is 0 Å². The second kappa shape index (κ2) is 6.08. The molecule has 4 nitrogen and oxygen atoms in total. The highest BCUT2D eigenvalue weighted by atomic mass is 16.3. The highest BCUT2D eigenvalue weighted by molar-refractivity contribution is 5.82. The monoisotopic (exact) mass is 216 g/mol. The lowest BCUT2D eigenvalue weighted by molar-refractivity contribution is -0.130. The highest BCUT2D eigenvalue weighted by Gasteiger charge is 2.31. The normalized spacial score (nSPS) is 19.1. The van der Waals surface area contributed by atoms with Gasteiger partial charge in [0.1, 0.15) is 0 Å². The van der Waals surface area contributed by atoms with Crippen LogP contribution in [-0.4, -0.2) is 30.2 Å². The number of nitrogens with one attached hydrogen (secondary N) is 1. The van der Waals surface area contributed by atoms with Gasteiger partial charge in [0.2, 0.25) is 5.91 Å². The van der Waals surface area contributed by atoms with Crippen LogP contribution in [0.25, 0.3) is 0 Å². The van der Waals surface area contributed by atoms with Gasteiger partial charge in [0.15, 0.2) is 0 Å². The Morgan fingerprint density at radius 2 is 2.07 bits per heavy atom. The van der Waals surface area contributed by atoms with Crippen molar-refractivity contribution in [1.82, 2.24) is 5.32 Å². The number of hydrogen-bond acceptors (Lipinski definition) is 3. The van der Waals surface area contributed by atoms with Crippen LogP contribution in [0, 0.1) is 11.3 Å². The summed E-state index contributed by atoms with van der Waals surface area (Å²) >= 11 is 0. The van der Waals surface area contributed by atoms with Crippen molar-refractivity contribution in [3.63, 3.8) is 0 Å². The van der Waals surface area contributed by atoms with Crippen molar-refractivity contribution < 1.29 is 9.90 Å². The molecule has 4 N–H and O–H groups in total. The average Bonchev–Trinajstić information content (AvgIpc) is 2.26. The zero-order valence-electron chi connectivity index (χ0n) is 10.2. The van der Waals surface area contributed by atoms with E-state index in [9.17, 15) is 4.79 Å². The zero-order chi connectivity index (χ0) is 12.1. The Hall–Kier alpha value is -0.610. The summed E-state index contributed by atoms with van der Waals surface area (Å²) in [6, 6.07) is -0.0278. The summed E-state index contributed by atoms with van der Waals surface area (Å²) in [5, 5.41) is 11.9. The number of hydrogen-bond donors (Lipinski definition) is 3. The van der Waals surface area contributed by atoms with Crippen LogP contribution in [0.5, 0.6) is 0 Å². The summed E-state index contributed by atoms with van der Waals surface area (Å²) in [5.74, 6) is 0.0353. The van der Waals surface area contributed by atoms with Gasteiger partial charge in [-0.05, 0) is 26.2 Å². The van der Waals surface area contributed by atoms with Crippen molar-refractivity contribution in [2.45, 2.75) is 40.2 Å². The molecule has 0 bridgehead atoms. The number of carbonyl (C=O) groups excluding carboxylic acids is 1. The van der Waals surface area contributed by atoms with E-state index in [0.29, 0.717) is 6.54 Å². The summed E-state index contributed by atoms with van der Waals surface area (Å²) in [6.07, 6.45) is 0.718. The van der Waals surface area contributed by atoms with Crippen molar-refractivity contribution in [2.75, 3.05) is 13.2 Å². The first kappa shape index (κ1) is 14.4. The van der Waals surface area contributed by atoms with E-state index >= 15 is 0 Å². The Balaban J connectivity index is 4.35. The first-order valence-electron chi connectivity index (χ1n) is 5.53. The lowest BCUT2D eigenvalue weighted by Crippen LogP contribution is -2.48. The highest BCUT2D eigenvalue weighted by Crippen LogP contribution is 2.19. The molecule has 3 atom stereocenters. The van der Waals surface area contributed by atoms with E-state index < -0.39 is 5.41 Å². The predicted octanol–water partition coefficient (Wildman–Crippen LogP) is 0.495. The SMILES string of the molecule is CCC(C)(CN)C(=O)NC(C)C(C)CO. The van der Waals surface area contributed by atoms with E-state index in [0.717, 1.165) is 6.42 Å². The minimum Gasteiger partial charge on any atom is -0.396 e. The summed E-state index contributed by atoms with van der Waals surface area (Å²) in [4.78, 5) is 11.9. The second-order valence-corrected chi connectivity index (χ2v) is 4.54. The van der Waals surface area contributed by atoms with Crippen LogP contribution in [0.1, 0.15) is 34.1 Å². The van der Waals surface area contributed by atoms with Crippen LogP contribution in [-0.2, 0) is 4.79 Å². The fourth-order valence-corrected chi connectivity index (χ4v) is 1.08. The van der Waals surface area contributed by atoms with Crippen molar-refractivity contribution >= 4 is 5.91 Å². The van der Waals surface area contributed by atoms with Gasteiger partial charge < -0.3 is 16.2 Å². The first-order chi connectivity index (χ1) is 6.91. The Kier molecular flexibility index (Phi) is 5.83. The van der Waals surface area contributed by atoms with Gasteiger partial charge in [-0.25, -0.2) is 0 Å².